The number of benzene rings is 1. The van der Waals surface area contributed by atoms with E-state index in [0.717, 1.165) is 5.56 Å². The zero-order valence-corrected chi connectivity index (χ0v) is 10.5. The molecule has 0 spiro atoms. The van der Waals surface area contributed by atoms with Gasteiger partial charge in [0.25, 0.3) is 0 Å². The maximum Gasteiger partial charge on any atom is 0.573 e. The number of hydrogen-bond donors (Lipinski definition) is 2. The van der Waals surface area contributed by atoms with Crippen LogP contribution in [0.2, 0.25) is 0 Å². The highest BCUT2D eigenvalue weighted by Crippen LogP contribution is 2.24. The first-order valence-electron chi connectivity index (χ1n) is 5.60. The Bertz CT molecular complexity index is 432. The number of halogens is 3. The number of amides is 1. The molecule has 2 unspecified atom stereocenters. The van der Waals surface area contributed by atoms with Crippen LogP contribution >= 0.6 is 0 Å². The molecule has 1 amide bonds. The Kier molecular flexibility index (Phi) is 4.77. The van der Waals surface area contributed by atoms with E-state index in [9.17, 15) is 18.0 Å². The van der Waals surface area contributed by atoms with Gasteiger partial charge < -0.3 is 10.5 Å². The van der Waals surface area contributed by atoms with E-state index in [2.05, 4.69) is 10.1 Å². The van der Waals surface area contributed by atoms with Gasteiger partial charge in [-0.25, -0.2) is 0 Å². The van der Waals surface area contributed by atoms with Gasteiger partial charge in [0, 0.05) is 6.04 Å². The van der Waals surface area contributed by atoms with Crippen molar-refractivity contribution in [3.05, 3.63) is 29.8 Å². The SMILES string of the molecule is CC(NC(C)c1ccc(OC(F)(F)F)cc1)C(N)=O. The molecule has 0 aliphatic rings. The Labute approximate surface area is 108 Å². The fourth-order valence-electron chi connectivity index (χ4n) is 1.51. The van der Waals surface area contributed by atoms with E-state index in [0.29, 0.717) is 0 Å². The Morgan fingerprint density at radius 3 is 2.21 bits per heavy atom. The number of hydrogen-bond acceptors (Lipinski definition) is 3. The topological polar surface area (TPSA) is 64.3 Å². The molecule has 4 nitrogen and oxygen atoms in total. The average Bonchev–Trinajstić information content (AvgIpc) is 2.27. The first kappa shape index (κ1) is 15.3. The van der Waals surface area contributed by atoms with Crippen molar-refractivity contribution in [3.63, 3.8) is 0 Å². The quantitative estimate of drug-likeness (QED) is 0.865. The van der Waals surface area contributed by atoms with E-state index >= 15 is 0 Å². The average molecular weight is 276 g/mol. The van der Waals surface area contributed by atoms with Gasteiger partial charge in [0.2, 0.25) is 5.91 Å². The van der Waals surface area contributed by atoms with Gasteiger partial charge in [-0.1, -0.05) is 12.1 Å². The van der Waals surface area contributed by atoms with Crippen LogP contribution in [0.5, 0.6) is 5.75 Å². The van der Waals surface area contributed by atoms with Gasteiger partial charge in [-0.05, 0) is 31.5 Å². The van der Waals surface area contributed by atoms with Crippen molar-refractivity contribution in [1.82, 2.24) is 5.32 Å². The van der Waals surface area contributed by atoms with E-state index in [1.807, 2.05) is 0 Å². The number of primary amides is 1. The lowest BCUT2D eigenvalue weighted by Crippen LogP contribution is -2.39. The predicted octanol–water partition coefficient (Wildman–Crippen LogP) is 2.11. The third-order valence-electron chi connectivity index (χ3n) is 2.54. The number of rotatable bonds is 5. The fourth-order valence-corrected chi connectivity index (χ4v) is 1.51. The van der Waals surface area contributed by atoms with Crippen LogP contribution in [0.1, 0.15) is 25.5 Å². The summed E-state index contributed by atoms with van der Waals surface area (Å²) in [6, 6.07) is 4.67. The molecule has 1 rings (SSSR count). The molecule has 3 N–H and O–H groups in total. The largest absolute Gasteiger partial charge is 0.573 e. The van der Waals surface area contributed by atoms with Gasteiger partial charge in [0.05, 0.1) is 6.04 Å². The minimum Gasteiger partial charge on any atom is -0.406 e. The Hall–Kier alpha value is -1.76. The molecule has 0 aliphatic heterocycles. The summed E-state index contributed by atoms with van der Waals surface area (Å²) in [5.41, 5.74) is 5.83. The summed E-state index contributed by atoms with van der Waals surface area (Å²) in [5, 5.41) is 2.93. The first-order valence-corrected chi connectivity index (χ1v) is 5.60. The zero-order chi connectivity index (χ0) is 14.6. The van der Waals surface area contributed by atoms with Crippen LogP contribution in [-0.2, 0) is 4.79 Å². The van der Waals surface area contributed by atoms with E-state index in [1.54, 1.807) is 13.8 Å². The molecule has 19 heavy (non-hydrogen) atoms. The number of alkyl halides is 3. The predicted molar refractivity (Wildman–Crippen MR) is 63.3 cm³/mol. The Balaban J connectivity index is 2.68. The number of nitrogens with two attached hydrogens (primary N) is 1. The molecular weight excluding hydrogens is 261 g/mol. The maximum absolute atomic E-state index is 12.0. The van der Waals surface area contributed by atoms with Crippen LogP contribution in [-0.4, -0.2) is 18.3 Å². The second-order valence-electron chi connectivity index (χ2n) is 4.13. The highest BCUT2D eigenvalue weighted by Gasteiger charge is 2.31. The molecule has 7 heteroatoms. The van der Waals surface area contributed by atoms with Crippen LogP contribution in [0, 0.1) is 0 Å². The minimum absolute atomic E-state index is 0.220. The standard InChI is InChI=1S/C12H15F3N2O2/c1-7(17-8(2)11(16)18)9-3-5-10(6-4-9)19-12(13,14)15/h3-8,17H,1-2H3,(H2,16,18). The van der Waals surface area contributed by atoms with Gasteiger partial charge in [0.1, 0.15) is 5.75 Å². The van der Waals surface area contributed by atoms with Crippen molar-refractivity contribution in [3.8, 4) is 5.75 Å². The Morgan fingerprint density at radius 2 is 1.79 bits per heavy atom. The second-order valence-corrected chi connectivity index (χ2v) is 4.13. The fraction of sp³-hybridized carbons (Fsp3) is 0.417. The molecule has 0 heterocycles. The van der Waals surface area contributed by atoms with Crippen LogP contribution in [0.4, 0.5) is 13.2 Å². The third kappa shape index (κ3) is 5.17. The van der Waals surface area contributed by atoms with Crippen molar-refractivity contribution in [1.29, 1.82) is 0 Å². The van der Waals surface area contributed by atoms with Crippen LogP contribution in [0.15, 0.2) is 24.3 Å². The number of ether oxygens (including phenoxy) is 1. The summed E-state index contributed by atoms with van der Waals surface area (Å²) in [7, 11) is 0. The van der Waals surface area contributed by atoms with Crippen LogP contribution < -0.4 is 15.8 Å². The lowest BCUT2D eigenvalue weighted by atomic mass is 10.1. The summed E-state index contributed by atoms with van der Waals surface area (Å²) < 4.78 is 39.7. The zero-order valence-electron chi connectivity index (χ0n) is 10.5. The number of carbonyl (C=O) groups excluding carboxylic acids is 1. The molecule has 1 aromatic carbocycles. The molecule has 0 bridgehead atoms. The Morgan fingerprint density at radius 1 is 1.26 bits per heavy atom. The van der Waals surface area contributed by atoms with E-state index in [-0.39, 0.29) is 11.8 Å². The molecule has 0 saturated heterocycles. The van der Waals surface area contributed by atoms with Crippen LogP contribution in [0.25, 0.3) is 0 Å². The second kappa shape index (κ2) is 5.92. The molecule has 0 aliphatic carbocycles. The highest BCUT2D eigenvalue weighted by atomic mass is 19.4. The molecule has 106 valence electrons. The molecule has 1 aromatic rings. The minimum atomic E-state index is -4.70. The van der Waals surface area contributed by atoms with E-state index in [4.69, 9.17) is 5.73 Å². The molecular formula is C12H15F3N2O2. The molecule has 0 aromatic heterocycles. The monoisotopic (exact) mass is 276 g/mol. The summed E-state index contributed by atoms with van der Waals surface area (Å²) in [4.78, 5) is 10.9. The summed E-state index contributed by atoms with van der Waals surface area (Å²) in [6.45, 7) is 3.39. The van der Waals surface area contributed by atoms with E-state index in [1.165, 1.54) is 24.3 Å². The van der Waals surface area contributed by atoms with Crippen molar-refractivity contribution in [2.45, 2.75) is 32.3 Å². The van der Waals surface area contributed by atoms with Crippen molar-refractivity contribution < 1.29 is 22.7 Å². The molecule has 2 atom stereocenters. The van der Waals surface area contributed by atoms with Crippen molar-refractivity contribution >= 4 is 5.91 Å². The molecule has 0 saturated carbocycles. The van der Waals surface area contributed by atoms with Gasteiger partial charge in [-0.2, -0.15) is 0 Å². The number of carbonyl (C=O) groups is 1. The van der Waals surface area contributed by atoms with Gasteiger partial charge in [-0.15, -0.1) is 13.2 Å². The maximum atomic E-state index is 12.0. The first-order chi connectivity index (χ1) is 8.69. The summed E-state index contributed by atoms with van der Waals surface area (Å²) in [5.74, 6) is -0.782. The summed E-state index contributed by atoms with van der Waals surface area (Å²) in [6.07, 6.45) is -4.70. The normalized spacial score (nSPS) is 14.8. The molecule has 0 radical (unpaired) electrons. The van der Waals surface area contributed by atoms with Gasteiger partial charge in [0.15, 0.2) is 0 Å². The van der Waals surface area contributed by atoms with Crippen molar-refractivity contribution in [2.75, 3.05) is 0 Å². The number of nitrogens with one attached hydrogen (secondary N) is 1. The van der Waals surface area contributed by atoms with Crippen molar-refractivity contribution in [2.24, 2.45) is 5.73 Å². The highest BCUT2D eigenvalue weighted by molar-refractivity contribution is 5.79. The summed E-state index contributed by atoms with van der Waals surface area (Å²) >= 11 is 0. The van der Waals surface area contributed by atoms with E-state index < -0.39 is 18.3 Å². The van der Waals surface area contributed by atoms with Gasteiger partial charge >= 0.3 is 6.36 Å². The van der Waals surface area contributed by atoms with Crippen LogP contribution in [0.3, 0.4) is 0 Å². The lowest BCUT2D eigenvalue weighted by Gasteiger charge is -2.18. The smallest absolute Gasteiger partial charge is 0.406 e. The molecule has 0 fully saturated rings. The third-order valence-corrected chi connectivity index (χ3v) is 2.54. The van der Waals surface area contributed by atoms with Gasteiger partial charge in [-0.3, -0.25) is 10.1 Å². The lowest BCUT2D eigenvalue weighted by molar-refractivity contribution is -0.274.